The standard InChI is InChI=1S/C34H35FN6O2/c1-22(42)24-7-8-31-32(18-24)41(20-27-9-14-43-27)34(38-31)21-39-10-12-40(13-11-39)33-4-2-3-30(37-33)26-6-5-25-15-23(19-36)16-29(35)28(25)17-26/h2-4,7-8,15-16,18,26-27H,5-6,9-14,17,20-21H2,1H3/t26?,27-/m0/s1. The SMILES string of the molecule is CC(=O)c1ccc2nc(CN3CCN(c4cccc(C5CCc6cc(C#N)cc(F)c6C5)n4)CC3)n(C[C@@H]3CCO3)c2c1. The van der Waals surface area contributed by atoms with Crippen LogP contribution in [-0.2, 0) is 30.7 Å². The number of anilines is 1. The van der Waals surface area contributed by atoms with Gasteiger partial charge in [0.05, 0.1) is 41.9 Å². The molecule has 9 heteroatoms. The Bertz CT molecular complexity index is 1730. The van der Waals surface area contributed by atoms with Crippen molar-refractivity contribution >= 4 is 22.6 Å². The number of Topliss-reactive ketones (excluding diaryl/α,β-unsaturated/α-hetero) is 1. The van der Waals surface area contributed by atoms with Gasteiger partial charge in [-0.05, 0) is 86.2 Å². The van der Waals surface area contributed by atoms with Crippen LogP contribution >= 0.6 is 0 Å². The summed E-state index contributed by atoms with van der Waals surface area (Å²) in [6.07, 6.45) is 3.49. The molecule has 8 nitrogen and oxygen atoms in total. The first-order chi connectivity index (χ1) is 20.9. The van der Waals surface area contributed by atoms with Gasteiger partial charge >= 0.3 is 0 Å². The molecule has 4 aromatic rings. The van der Waals surface area contributed by atoms with Crippen molar-refractivity contribution in [1.29, 1.82) is 5.26 Å². The highest BCUT2D eigenvalue weighted by Crippen LogP contribution is 2.34. The van der Waals surface area contributed by atoms with Gasteiger partial charge in [-0.25, -0.2) is 14.4 Å². The van der Waals surface area contributed by atoms with E-state index in [4.69, 9.17) is 14.7 Å². The molecule has 0 N–H and O–H groups in total. The van der Waals surface area contributed by atoms with Gasteiger partial charge in [-0.3, -0.25) is 9.69 Å². The van der Waals surface area contributed by atoms with E-state index in [2.05, 4.69) is 38.6 Å². The van der Waals surface area contributed by atoms with Gasteiger partial charge in [0.25, 0.3) is 0 Å². The molecule has 0 amide bonds. The Balaban J connectivity index is 1.03. The van der Waals surface area contributed by atoms with Gasteiger partial charge < -0.3 is 14.2 Å². The van der Waals surface area contributed by atoms with Crippen LogP contribution in [0, 0.1) is 17.1 Å². The summed E-state index contributed by atoms with van der Waals surface area (Å²) in [7, 11) is 0. The Kier molecular flexibility index (Phi) is 7.41. The van der Waals surface area contributed by atoms with Gasteiger partial charge in [-0.1, -0.05) is 6.07 Å². The van der Waals surface area contributed by atoms with E-state index in [1.165, 1.54) is 6.07 Å². The molecule has 2 aliphatic heterocycles. The Hall–Kier alpha value is -4.13. The van der Waals surface area contributed by atoms with Crippen LogP contribution in [0.15, 0.2) is 48.5 Å². The Morgan fingerprint density at radius 3 is 2.67 bits per heavy atom. The molecule has 0 spiro atoms. The number of aromatic nitrogens is 3. The summed E-state index contributed by atoms with van der Waals surface area (Å²) in [4.78, 5) is 26.9. The number of imidazole rings is 1. The van der Waals surface area contributed by atoms with E-state index in [1.54, 1.807) is 6.92 Å². The minimum absolute atomic E-state index is 0.0551. The minimum atomic E-state index is -0.279. The number of piperazine rings is 1. The topological polar surface area (TPSA) is 87.3 Å². The van der Waals surface area contributed by atoms with E-state index in [9.17, 15) is 14.4 Å². The number of aryl methyl sites for hydroxylation is 1. The molecule has 7 rings (SSSR count). The molecule has 2 saturated heterocycles. The molecule has 1 aliphatic carbocycles. The van der Waals surface area contributed by atoms with Gasteiger partial charge in [0.2, 0.25) is 0 Å². The van der Waals surface area contributed by atoms with Crippen molar-refractivity contribution in [2.24, 2.45) is 0 Å². The maximum atomic E-state index is 14.8. The first kappa shape index (κ1) is 27.7. The third kappa shape index (κ3) is 5.53. The Morgan fingerprint density at radius 1 is 1.09 bits per heavy atom. The van der Waals surface area contributed by atoms with Crippen molar-refractivity contribution in [3.8, 4) is 6.07 Å². The van der Waals surface area contributed by atoms with Crippen molar-refractivity contribution in [2.45, 2.75) is 57.7 Å². The zero-order valence-electron chi connectivity index (χ0n) is 24.4. The summed E-state index contributed by atoms with van der Waals surface area (Å²) in [6, 6.07) is 17.2. The number of carbonyl (C=O) groups is 1. The van der Waals surface area contributed by atoms with Crippen LogP contribution in [-0.4, -0.2) is 64.1 Å². The monoisotopic (exact) mass is 578 g/mol. The van der Waals surface area contributed by atoms with E-state index in [1.807, 2.05) is 24.3 Å². The van der Waals surface area contributed by atoms with Crippen molar-refractivity contribution in [1.82, 2.24) is 19.4 Å². The van der Waals surface area contributed by atoms with Gasteiger partial charge in [0, 0.05) is 50.0 Å². The Morgan fingerprint density at radius 2 is 1.93 bits per heavy atom. The second kappa shape index (κ2) is 11.5. The average Bonchev–Trinajstić information content (AvgIpc) is 3.34. The molecular formula is C34H35FN6O2. The Labute approximate surface area is 250 Å². The summed E-state index contributed by atoms with van der Waals surface area (Å²) in [5.41, 5.74) is 5.68. The van der Waals surface area contributed by atoms with E-state index >= 15 is 0 Å². The largest absolute Gasteiger partial charge is 0.376 e. The molecule has 43 heavy (non-hydrogen) atoms. The molecule has 2 atom stereocenters. The van der Waals surface area contributed by atoms with E-state index in [-0.39, 0.29) is 23.6 Å². The summed E-state index contributed by atoms with van der Waals surface area (Å²) in [5, 5.41) is 9.20. The minimum Gasteiger partial charge on any atom is -0.376 e. The van der Waals surface area contributed by atoms with Gasteiger partial charge in [-0.2, -0.15) is 5.26 Å². The number of rotatable bonds is 7. The maximum Gasteiger partial charge on any atom is 0.159 e. The van der Waals surface area contributed by atoms with Crippen LogP contribution < -0.4 is 4.90 Å². The fraction of sp³-hybridized carbons (Fsp3) is 0.412. The number of ether oxygens (including phenoxy) is 1. The number of fused-ring (bicyclic) bond motifs is 2. The van der Waals surface area contributed by atoms with Gasteiger partial charge in [0.1, 0.15) is 17.5 Å². The first-order valence-electron chi connectivity index (χ1n) is 15.2. The van der Waals surface area contributed by atoms with Crippen molar-refractivity contribution in [3.63, 3.8) is 0 Å². The maximum absolute atomic E-state index is 14.8. The fourth-order valence-electron chi connectivity index (χ4n) is 6.67. The smallest absolute Gasteiger partial charge is 0.159 e. The predicted octanol–water partition coefficient (Wildman–Crippen LogP) is 5.03. The quantitative estimate of drug-likeness (QED) is 0.284. The number of benzene rings is 2. The lowest BCUT2D eigenvalue weighted by atomic mass is 9.81. The highest BCUT2D eigenvalue weighted by atomic mass is 19.1. The highest BCUT2D eigenvalue weighted by Gasteiger charge is 2.27. The second-order valence-corrected chi connectivity index (χ2v) is 12.0. The third-order valence-corrected chi connectivity index (χ3v) is 9.28. The summed E-state index contributed by atoms with van der Waals surface area (Å²) in [5.74, 6) is 1.91. The molecule has 0 saturated carbocycles. The van der Waals surface area contributed by atoms with Crippen LogP contribution in [0.3, 0.4) is 0 Å². The number of nitrogens with zero attached hydrogens (tertiary/aromatic N) is 6. The second-order valence-electron chi connectivity index (χ2n) is 12.0. The van der Waals surface area contributed by atoms with Crippen molar-refractivity contribution in [2.75, 3.05) is 37.7 Å². The van der Waals surface area contributed by atoms with Gasteiger partial charge in [-0.15, -0.1) is 0 Å². The van der Waals surface area contributed by atoms with Crippen LogP contribution in [0.4, 0.5) is 10.2 Å². The van der Waals surface area contributed by atoms with Crippen molar-refractivity contribution in [3.05, 3.63) is 88.1 Å². The summed E-state index contributed by atoms with van der Waals surface area (Å²) < 4.78 is 22.8. The molecule has 4 heterocycles. The van der Waals surface area contributed by atoms with Crippen LogP contribution in [0.1, 0.15) is 64.2 Å². The van der Waals surface area contributed by atoms with E-state index in [0.717, 1.165) is 105 Å². The number of pyridine rings is 1. The van der Waals surface area contributed by atoms with Crippen molar-refractivity contribution < 1.29 is 13.9 Å². The lowest BCUT2D eigenvalue weighted by Gasteiger charge is -2.36. The molecule has 2 aromatic heterocycles. The zero-order chi connectivity index (χ0) is 29.5. The van der Waals surface area contributed by atoms with Gasteiger partial charge in [0.15, 0.2) is 5.78 Å². The lowest BCUT2D eigenvalue weighted by Crippen LogP contribution is -2.46. The number of hydrogen-bond donors (Lipinski definition) is 0. The normalized spacial score (nSPS) is 20.4. The summed E-state index contributed by atoms with van der Waals surface area (Å²) in [6.45, 7) is 7.37. The molecule has 0 radical (unpaired) electrons. The number of carbonyl (C=O) groups excluding carboxylic acids is 1. The fourth-order valence-corrected chi connectivity index (χ4v) is 6.67. The number of hydrogen-bond acceptors (Lipinski definition) is 7. The van der Waals surface area contributed by atoms with Crippen LogP contribution in [0.5, 0.6) is 0 Å². The molecular weight excluding hydrogens is 543 g/mol. The average molecular weight is 579 g/mol. The van der Waals surface area contributed by atoms with E-state index in [0.29, 0.717) is 17.5 Å². The van der Waals surface area contributed by atoms with E-state index < -0.39 is 0 Å². The zero-order valence-corrected chi connectivity index (χ0v) is 24.4. The first-order valence-corrected chi connectivity index (χ1v) is 15.2. The van der Waals surface area contributed by atoms with Crippen LogP contribution in [0.25, 0.3) is 11.0 Å². The molecule has 3 aliphatic rings. The predicted molar refractivity (Wildman–Crippen MR) is 162 cm³/mol. The molecule has 2 aromatic carbocycles. The number of halogens is 1. The highest BCUT2D eigenvalue weighted by molar-refractivity contribution is 5.97. The molecule has 2 fully saturated rings. The number of nitriles is 1. The molecule has 220 valence electrons. The third-order valence-electron chi connectivity index (χ3n) is 9.28. The lowest BCUT2D eigenvalue weighted by molar-refractivity contribution is -0.0592. The molecule has 1 unspecified atom stereocenters. The van der Waals surface area contributed by atoms with Crippen LogP contribution in [0.2, 0.25) is 0 Å². The number of ketones is 1. The molecule has 0 bridgehead atoms. The summed E-state index contributed by atoms with van der Waals surface area (Å²) >= 11 is 0.